The quantitative estimate of drug-likeness (QED) is 0.0329. The van der Waals surface area contributed by atoms with Crippen molar-refractivity contribution in [3.05, 3.63) is 119 Å². The van der Waals surface area contributed by atoms with E-state index in [2.05, 4.69) is 35.1 Å². The van der Waals surface area contributed by atoms with Crippen LogP contribution in [0.1, 0.15) is 48.2 Å². The Bertz CT molecular complexity index is 1840. The molecule has 0 aliphatic heterocycles. The van der Waals surface area contributed by atoms with Gasteiger partial charge in [-0.05, 0) is 97.5 Å². The zero-order chi connectivity index (χ0) is 40.3. The van der Waals surface area contributed by atoms with Gasteiger partial charge in [0, 0.05) is 37.3 Å². The number of aliphatic carboxylic acids is 2. The molecule has 4 unspecified atom stereocenters. The maximum Gasteiger partial charge on any atom is 0.328 e. The van der Waals surface area contributed by atoms with Crippen LogP contribution in [0.3, 0.4) is 0 Å². The third-order valence-corrected chi connectivity index (χ3v) is 8.47. The van der Waals surface area contributed by atoms with E-state index in [4.69, 9.17) is 19.7 Å². The van der Waals surface area contributed by atoms with Gasteiger partial charge in [-0.3, -0.25) is 4.79 Å². The van der Waals surface area contributed by atoms with Crippen LogP contribution in [0.5, 0.6) is 23.0 Å². The largest absolute Gasteiger partial charge is 0.506 e. The van der Waals surface area contributed by atoms with Crippen molar-refractivity contribution >= 4 is 29.7 Å². The first-order valence-corrected chi connectivity index (χ1v) is 17.5. The number of methoxy groups -OCH3 is 2. The van der Waals surface area contributed by atoms with Crippen LogP contribution in [-0.4, -0.2) is 83.3 Å². The monoisotopic (exact) mass is 758 g/mol. The zero-order valence-corrected chi connectivity index (χ0v) is 31.2. The summed E-state index contributed by atoms with van der Waals surface area (Å²) in [6.45, 7) is 4.95. The minimum absolute atomic E-state index is 0.0306. The van der Waals surface area contributed by atoms with E-state index in [1.165, 1.54) is 6.07 Å². The smallest absolute Gasteiger partial charge is 0.328 e. The molecule has 0 aromatic heterocycles. The molecule has 0 bridgehead atoms. The second kappa shape index (κ2) is 22.2. The normalized spacial score (nSPS) is 13.0. The van der Waals surface area contributed by atoms with Crippen LogP contribution < -0.4 is 30.7 Å². The first-order chi connectivity index (χ1) is 26.3. The Hall–Kier alpha value is -6.09. The number of nitrogens with one attached hydrogen (secondary N) is 4. The number of carboxylic acid groups (broad SMARTS) is 2. The Balaban J connectivity index is 0.000000912. The average molecular weight is 759 g/mol. The number of carbonyl (C=O) groups excluding carboxylic acids is 1. The number of anilines is 2. The lowest BCUT2D eigenvalue weighted by Crippen LogP contribution is -2.34. The van der Waals surface area contributed by atoms with Gasteiger partial charge in [-0.2, -0.15) is 0 Å². The van der Waals surface area contributed by atoms with Gasteiger partial charge >= 0.3 is 11.9 Å². The predicted molar refractivity (Wildman–Crippen MR) is 210 cm³/mol. The number of phenolic OH excluding ortho intramolecular Hbond substituents is 2. The molecule has 0 spiro atoms. The molecule has 0 radical (unpaired) electrons. The van der Waals surface area contributed by atoms with Gasteiger partial charge in [-0.1, -0.05) is 36.4 Å². The van der Waals surface area contributed by atoms with Gasteiger partial charge in [-0.15, -0.1) is 0 Å². The highest BCUT2D eigenvalue weighted by atomic mass is 16.5. The van der Waals surface area contributed by atoms with Crippen molar-refractivity contribution in [2.45, 2.75) is 50.9 Å². The highest BCUT2D eigenvalue weighted by Gasteiger charge is 2.19. The van der Waals surface area contributed by atoms with Gasteiger partial charge in [0.25, 0.3) is 0 Å². The minimum Gasteiger partial charge on any atom is -0.506 e. The molecule has 0 heterocycles. The maximum absolute atomic E-state index is 11.2. The number of rotatable bonds is 20. The summed E-state index contributed by atoms with van der Waals surface area (Å²) in [5.74, 6) is -0.923. The van der Waals surface area contributed by atoms with Gasteiger partial charge in [-0.25, -0.2) is 9.59 Å². The molecule has 0 fully saturated rings. The van der Waals surface area contributed by atoms with Crippen LogP contribution in [0.15, 0.2) is 97.1 Å². The Morgan fingerprint density at radius 1 is 0.673 bits per heavy atom. The fourth-order valence-corrected chi connectivity index (χ4v) is 5.53. The molecule has 4 aromatic carbocycles. The number of aromatic hydroxyl groups is 2. The lowest BCUT2D eigenvalue weighted by molar-refractivity contribution is -0.134. The molecule has 9 N–H and O–H groups in total. The first-order valence-electron chi connectivity index (χ1n) is 17.5. The molecule has 4 rings (SSSR count). The Labute approximate surface area is 320 Å². The van der Waals surface area contributed by atoms with Crippen LogP contribution in [-0.2, 0) is 27.2 Å². The number of carboxylic acids is 2. The van der Waals surface area contributed by atoms with Crippen LogP contribution in [0.4, 0.5) is 11.4 Å². The number of aliphatic hydroxyl groups is 1. The molecule has 14 nitrogen and oxygen atoms in total. The number of benzene rings is 4. The third-order valence-electron chi connectivity index (χ3n) is 8.47. The fourth-order valence-electron chi connectivity index (χ4n) is 5.53. The van der Waals surface area contributed by atoms with Crippen LogP contribution in [0, 0.1) is 0 Å². The molecule has 55 heavy (non-hydrogen) atoms. The Morgan fingerprint density at radius 2 is 1.13 bits per heavy atom. The molecule has 1 amide bonds. The molecule has 0 saturated heterocycles. The summed E-state index contributed by atoms with van der Waals surface area (Å²) in [5.41, 5.74) is 4.46. The van der Waals surface area contributed by atoms with E-state index >= 15 is 0 Å². The topological polar surface area (TPSA) is 219 Å². The molecule has 14 heteroatoms. The second-order valence-electron chi connectivity index (χ2n) is 12.8. The second-order valence-corrected chi connectivity index (χ2v) is 12.8. The lowest BCUT2D eigenvalue weighted by atomic mass is 10.0. The van der Waals surface area contributed by atoms with Gasteiger partial charge in [0.15, 0.2) is 0 Å². The van der Waals surface area contributed by atoms with E-state index < -0.39 is 18.0 Å². The van der Waals surface area contributed by atoms with Crippen LogP contribution >= 0.6 is 0 Å². The summed E-state index contributed by atoms with van der Waals surface area (Å²) in [4.78, 5) is 30.3. The number of hydrogen-bond acceptors (Lipinski definition) is 11. The predicted octanol–water partition coefficient (Wildman–Crippen LogP) is 5.02. The van der Waals surface area contributed by atoms with Crippen molar-refractivity contribution in [3.8, 4) is 23.0 Å². The molecule has 4 aromatic rings. The van der Waals surface area contributed by atoms with Crippen molar-refractivity contribution in [1.29, 1.82) is 0 Å². The first kappa shape index (κ1) is 43.3. The molecule has 0 saturated carbocycles. The van der Waals surface area contributed by atoms with Gasteiger partial charge in [0.1, 0.15) is 23.0 Å². The molecule has 0 aliphatic rings. The van der Waals surface area contributed by atoms with E-state index in [1.807, 2.05) is 48.5 Å². The lowest BCUT2D eigenvalue weighted by Gasteiger charge is -2.25. The van der Waals surface area contributed by atoms with Crippen molar-refractivity contribution in [1.82, 2.24) is 10.6 Å². The third kappa shape index (κ3) is 15.1. The highest BCUT2D eigenvalue weighted by molar-refractivity contribution is 5.89. The number of carbonyl (C=O) groups is 3. The highest BCUT2D eigenvalue weighted by Crippen LogP contribution is 2.33. The summed E-state index contributed by atoms with van der Waals surface area (Å²) in [5, 5.41) is 60.7. The number of phenols is 2. The van der Waals surface area contributed by atoms with Crippen LogP contribution in [0.25, 0.3) is 0 Å². The number of amides is 1. The Morgan fingerprint density at radius 3 is 1.60 bits per heavy atom. The molecule has 0 aliphatic carbocycles. The summed E-state index contributed by atoms with van der Waals surface area (Å²) in [6.07, 6.45) is 2.39. The van der Waals surface area contributed by atoms with Crippen molar-refractivity contribution in [2.75, 3.05) is 37.9 Å². The molecular formula is C41H50N4O10. The van der Waals surface area contributed by atoms with E-state index in [1.54, 1.807) is 44.6 Å². The summed E-state index contributed by atoms with van der Waals surface area (Å²) in [7, 11) is 3.28. The van der Waals surface area contributed by atoms with Gasteiger partial charge in [0.05, 0.1) is 37.7 Å². The van der Waals surface area contributed by atoms with E-state index in [0.29, 0.717) is 42.9 Å². The number of ether oxygens (including phenoxy) is 2. The van der Waals surface area contributed by atoms with Gasteiger partial charge < -0.3 is 56.3 Å². The zero-order valence-electron chi connectivity index (χ0n) is 31.2. The maximum atomic E-state index is 11.2. The van der Waals surface area contributed by atoms with Crippen molar-refractivity contribution in [2.24, 2.45) is 0 Å². The van der Waals surface area contributed by atoms with E-state index in [0.717, 1.165) is 41.0 Å². The van der Waals surface area contributed by atoms with Crippen molar-refractivity contribution in [3.63, 3.8) is 0 Å². The van der Waals surface area contributed by atoms with E-state index in [-0.39, 0.29) is 35.3 Å². The fraction of sp³-hybridized carbons (Fsp3) is 0.293. The minimum atomic E-state index is -1.26. The molecular weight excluding hydrogens is 708 g/mol. The average Bonchev–Trinajstić information content (AvgIpc) is 3.17. The number of hydrogen-bond donors (Lipinski definition) is 9. The Kier molecular flexibility index (Phi) is 17.5. The summed E-state index contributed by atoms with van der Waals surface area (Å²) >= 11 is 0. The molecule has 4 atom stereocenters. The summed E-state index contributed by atoms with van der Waals surface area (Å²) in [6, 6.07) is 25.7. The summed E-state index contributed by atoms with van der Waals surface area (Å²) < 4.78 is 10.5. The van der Waals surface area contributed by atoms with E-state index in [9.17, 15) is 29.7 Å². The van der Waals surface area contributed by atoms with Crippen molar-refractivity contribution < 1.29 is 49.4 Å². The standard InChI is InChI=1S/C37H46N4O6.C4H4O4/c1-24(17-26-5-11-30(46-3)12-6-26)38-21-34(28-9-15-35(43)32(19-28)40-23-42)41-33-20-29(10-16-36(33)44)37(45)22-39-25(2)18-27-7-13-31(47-4)14-8-27;5-3(6)1-2-4(7)8/h5-16,19-20,23-25,34,37-39,41,43-45H,17-18,21-22H2,1-4H3,(H,40,42);1-2H,(H,5,6)(H,7,8)/b;2-1+. The number of aliphatic hydroxyl groups excluding tert-OH is 1. The van der Waals surface area contributed by atoms with Crippen LogP contribution in [0.2, 0.25) is 0 Å². The SMILES string of the molecule is COc1ccc(CC(C)NCC(O)c2ccc(O)c(NC(CNC(C)Cc3ccc(OC)cc3)c3ccc(O)c(NC=O)c3)c2)cc1.O=C(O)/C=C/C(=O)O. The molecule has 294 valence electrons. The van der Waals surface area contributed by atoms with Gasteiger partial charge in [0.2, 0.25) is 6.41 Å².